The van der Waals surface area contributed by atoms with Crippen molar-refractivity contribution < 1.29 is 36.3 Å². The highest BCUT2D eigenvalue weighted by atomic mass is 19.4. The van der Waals surface area contributed by atoms with E-state index >= 15 is 0 Å². The Hall–Kier alpha value is -4.30. The average Bonchev–Trinajstić information content (AvgIpc) is 3.29. The fourth-order valence-corrected chi connectivity index (χ4v) is 8.16. The molecule has 2 fully saturated rings. The van der Waals surface area contributed by atoms with Crippen molar-refractivity contribution in [3.8, 4) is 11.1 Å². The number of rotatable bonds is 8. The van der Waals surface area contributed by atoms with E-state index in [-0.39, 0.29) is 47.7 Å². The highest BCUT2D eigenvalue weighted by molar-refractivity contribution is 6.08. The van der Waals surface area contributed by atoms with Gasteiger partial charge in [-0.1, -0.05) is 12.1 Å². The van der Waals surface area contributed by atoms with E-state index < -0.39 is 30.7 Å². The minimum absolute atomic E-state index is 0.0247. The summed E-state index contributed by atoms with van der Waals surface area (Å²) >= 11 is 0. The zero-order chi connectivity index (χ0) is 37.7. The zero-order valence-corrected chi connectivity index (χ0v) is 30.0. The third kappa shape index (κ3) is 6.48. The average molecular weight is 730 g/mol. The van der Waals surface area contributed by atoms with Crippen LogP contribution >= 0.6 is 0 Å². The summed E-state index contributed by atoms with van der Waals surface area (Å²) in [7, 11) is 1.58. The molecule has 6 rings (SSSR count). The van der Waals surface area contributed by atoms with Gasteiger partial charge in [-0.15, -0.1) is 0 Å². The highest BCUT2D eigenvalue weighted by Crippen LogP contribution is 2.51. The number of aryl methyl sites for hydroxylation is 2. The number of anilines is 2. The molecule has 14 heteroatoms. The Morgan fingerprint density at radius 3 is 2.29 bits per heavy atom. The Balaban J connectivity index is 1.37. The first-order valence-electron chi connectivity index (χ1n) is 17.6. The molecule has 0 radical (unpaired) electrons. The molecular formula is C38H44F5N5O4. The SMILES string of the molecule is CCN(c1cc(-c2ccc3c(c2)N(C)C(=O)C32CCN(C(F)(F)C(F)(F)F)CC2)cc(C(=O)NCc2c(C)cc(C)[nH]c2=O)c1C)C1CCOCC1. The summed E-state index contributed by atoms with van der Waals surface area (Å²) in [4.78, 5) is 47.0. The van der Waals surface area contributed by atoms with Gasteiger partial charge in [0.1, 0.15) is 0 Å². The molecule has 0 bridgehead atoms. The lowest BCUT2D eigenvalue weighted by Gasteiger charge is -2.41. The summed E-state index contributed by atoms with van der Waals surface area (Å²) in [5, 5.41) is 2.94. The quantitative estimate of drug-likeness (QED) is 0.207. The predicted molar refractivity (Wildman–Crippen MR) is 188 cm³/mol. The standard InChI is InChI=1S/C38H44F5N5O4/c1-6-48(27-9-15-52-16-10-27)31-20-26(18-28(24(31)4)33(49)44-21-29-22(2)17-23(3)45-34(29)50)25-7-8-30-32(19-25)46(5)35(51)36(30)11-13-47(14-12-36)38(42,43)37(39,40)41/h7-8,17-20,27H,6,9-16,21H2,1-5H3,(H,44,49)(H,45,50). The van der Waals surface area contributed by atoms with Crippen LogP contribution in [0.25, 0.3) is 11.1 Å². The van der Waals surface area contributed by atoms with E-state index in [2.05, 4.69) is 22.1 Å². The first-order valence-corrected chi connectivity index (χ1v) is 17.6. The van der Waals surface area contributed by atoms with Gasteiger partial charge in [0.2, 0.25) is 5.91 Å². The summed E-state index contributed by atoms with van der Waals surface area (Å²) in [6, 6.07) is 6.21. The van der Waals surface area contributed by atoms with Gasteiger partial charge in [-0.25, -0.2) is 4.90 Å². The number of carbonyl (C=O) groups excluding carboxylic acids is 2. The number of fused-ring (bicyclic) bond motifs is 2. The number of likely N-dealkylation sites (N-methyl/N-ethyl adjacent to an activating group) is 1. The van der Waals surface area contributed by atoms with E-state index in [9.17, 15) is 36.3 Å². The van der Waals surface area contributed by atoms with Gasteiger partial charge in [0, 0.05) is 80.7 Å². The van der Waals surface area contributed by atoms with Gasteiger partial charge < -0.3 is 24.8 Å². The summed E-state index contributed by atoms with van der Waals surface area (Å²) in [5.74, 6) is -0.713. The number of likely N-dealkylation sites (tertiary alicyclic amines) is 1. The van der Waals surface area contributed by atoms with Crippen LogP contribution in [0.4, 0.5) is 33.3 Å². The normalized spacial score (nSPS) is 18.2. The molecule has 3 aromatic rings. The lowest BCUT2D eigenvalue weighted by atomic mass is 9.73. The van der Waals surface area contributed by atoms with Gasteiger partial charge in [-0.3, -0.25) is 14.4 Å². The van der Waals surface area contributed by atoms with Crippen LogP contribution in [-0.4, -0.2) is 79.9 Å². The fraction of sp³-hybridized carbons (Fsp3) is 0.500. The van der Waals surface area contributed by atoms with Crippen molar-refractivity contribution in [3.05, 3.63) is 80.3 Å². The molecule has 0 saturated carbocycles. The molecule has 0 unspecified atom stereocenters. The predicted octanol–water partition coefficient (Wildman–Crippen LogP) is 6.37. The Kier molecular flexibility index (Phi) is 10.0. The minimum Gasteiger partial charge on any atom is -0.381 e. The lowest BCUT2D eigenvalue weighted by Crippen LogP contribution is -2.58. The molecular weight excluding hydrogens is 685 g/mol. The molecule has 280 valence electrons. The molecule has 1 aromatic heterocycles. The number of benzene rings is 2. The van der Waals surface area contributed by atoms with E-state index in [1.807, 2.05) is 32.0 Å². The van der Waals surface area contributed by atoms with Crippen LogP contribution in [0.15, 0.2) is 41.2 Å². The number of nitrogens with zero attached hydrogens (tertiary/aromatic N) is 3. The summed E-state index contributed by atoms with van der Waals surface area (Å²) < 4.78 is 73.4. The van der Waals surface area contributed by atoms with Crippen molar-refractivity contribution in [3.63, 3.8) is 0 Å². The number of hydrogen-bond donors (Lipinski definition) is 2. The van der Waals surface area contributed by atoms with Crippen molar-refractivity contribution in [2.24, 2.45) is 0 Å². The number of pyridine rings is 1. The van der Waals surface area contributed by atoms with Crippen LogP contribution in [-0.2, 0) is 21.5 Å². The number of H-pyrrole nitrogens is 1. The number of piperidine rings is 1. The first-order chi connectivity index (χ1) is 24.5. The Labute approximate surface area is 299 Å². The van der Waals surface area contributed by atoms with Gasteiger partial charge in [-0.05, 0) is 105 Å². The zero-order valence-electron chi connectivity index (χ0n) is 30.0. The molecule has 1 spiro atoms. The lowest BCUT2D eigenvalue weighted by molar-refractivity contribution is -0.343. The van der Waals surface area contributed by atoms with Gasteiger partial charge >= 0.3 is 12.2 Å². The maximum Gasteiger partial charge on any atom is 0.469 e. The molecule has 2 N–H and O–H groups in total. The third-order valence-corrected chi connectivity index (χ3v) is 11.1. The third-order valence-electron chi connectivity index (χ3n) is 11.1. The molecule has 3 aliphatic heterocycles. The number of alkyl halides is 5. The number of carbonyl (C=O) groups is 2. The van der Waals surface area contributed by atoms with Gasteiger partial charge in [0.05, 0.1) is 5.41 Å². The van der Waals surface area contributed by atoms with E-state index in [0.29, 0.717) is 53.3 Å². The summed E-state index contributed by atoms with van der Waals surface area (Å²) in [5.41, 5.74) is 5.01. The second-order valence-electron chi connectivity index (χ2n) is 14.1. The van der Waals surface area contributed by atoms with Gasteiger partial charge in [0.15, 0.2) is 0 Å². The topological polar surface area (TPSA) is 98.0 Å². The van der Waals surface area contributed by atoms with Gasteiger partial charge in [-0.2, -0.15) is 22.0 Å². The van der Waals surface area contributed by atoms with E-state index in [1.54, 1.807) is 32.2 Å². The number of halogens is 5. The Morgan fingerprint density at radius 1 is 1.00 bits per heavy atom. The Morgan fingerprint density at radius 2 is 1.67 bits per heavy atom. The molecule has 52 heavy (non-hydrogen) atoms. The summed E-state index contributed by atoms with van der Waals surface area (Å²) in [6.45, 7) is 8.31. The van der Waals surface area contributed by atoms with E-state index in [1.165, 1.54) is 4.90 Å². The van der Waals surface area contributed by atoms with E-state index in [0.717, 1.165) is 35.3 Å². The largest absolute Gasteiger partial charge is 0.469 e. The molecule has 2 amide bonds. The second-order valence-corrected chi connectivity index (χ2v) is 14.1. The van der Waals surface area contributed by atoms with Crippen molar-refractivity contribution in [2.45, 2.75) is 83.6 Å². The molecule has 2 aromatic carbocycles. The van der Waals surface area contributed by atoms with Crippen LogP contribution in [0.3, 0.4) is 0 Å². The molecule has 3 aliphatic rings. The summed E-state index contributed by atoms with van der Waals surface area (Å²) in [6.07, 6.45) is -4.47. The number of aromatic nitrogens is 1. The highest BCUT2D eigenvalue weighted by Gasteiger charge is 2.63. The number of amides is 2. The van der Waals surface area contributed by atoms with Crippen LogP contribution < -0.4 is 20.7 Å². The number of hydrogen-bond acceptors (Lipinski definition) is 6. The molecule has 9 nitrogen and oxygen atoms in total. The molecule has 2 saturated heterocycles. The molecule has 4 heterocycles. The van der Waals surface area contributed by atoms with Crippen molar-refractivity contribution in [1.82, 2.24) is 15.2 Å². The van der Waals surface area contributed by atoms with Crippen molar-refractivity contribution in [1.29, 1.82) is 0 Å². The smallest absolute Gasteiger partial charge is 0.381 e. The van der Waals surface area contributed by atoms with Crippen LogP contribution in [0, 0.1) is 20.8 Å². The monoisotopic (exact) mass is 729 g/mol. The van der Waals surface area contributed by atoms with Crippen LogP contribution in [0.2, 0.25) is 0 Å². The first kappa shape index (κ1) is 37.5. The number of nitrogens with one attached hydrogen (secondary N) is 2. The fourth-order valence-electron chi connectivity index (χ4n) is 8.16. The van der Waals surface area contributed by atoms with Gasteiger partial charge in [0.25, 0.3) is 11.5 Å². The van der Waals surface area contributed by atoms with Crippen molar-refractivity contribution >= 4 is 23.2 Å². The number of aromatic amines is 1. The van der Waals surface area contributed by atoms with Crippen LogP contribution in [0.5, 0.6) is 0 Å². The van der Waals surface area contributed by atoms with E-state index in [4.69, 9.17) is 4.74 Å². The molecule has 0 atom stereocenters. The van der Waals surface area contributed by atoms with Crippen molar-refractivity contribution in [2.75, 3.05) is 49.7 Å². The van der Waals surface area contributed by atoms with Crippen LogP contribution in [0.1, 0.15) is 70.9 Å². The molecule has 0 aliphatic carbocycles. The maximum atomic E-state index is 14.2. The minimum atomic E-state index is -5.72. The Bertz CT molecular complexity index is 1930. The maximum absolute atomic E-state index is 14.2. The second kappa shape index (κ2) is 13.9. The number of ether oxygens (including phenoxy) is 1.